The molecule has 5 N–H and O–H groups in total. The fraction of sp³-hybridized carbons (Fsp3) is 0.462. The Morgan fingerprint density at radius 1 is 1.50 bits per heavy atom. The van der Waals surface area contributed by atoms with E-state index >= 15 is 0 Å². The molecule has 0 saturated heterocycles. The first-order valence-electron chi connectivity index (χ1n) is 6.14. The molecule has 0 heterocycles. The quantitative estimate of drug-likeness (QED) is 0.711. The Morgan fingerprint density at radius 2 is 2.22 bits per heavy atom. The average Bonchev–Trinajstić information content (AvgIpc) is 2.35. The number of hydrogen-bond donors (Lipinski definition) is 3. The molecule has 0 aromatic heterocycles. The Hall–Kier alpha value is -1.26. The highest BCUT2D eigenvalue weighted by Gasteiger charge is 2.10. The number of amides is 1. The van der Waals surface area contributed by atoms with E-state index in [0.29, 0.717) is 17.1 Å². The summed E-state index contributed by atoms with van der Waals surface area (Å²) in [6.07, 6.45) is 3.25. The molecule has 4 nitrogen and oxygen atoms in total. The van der Waals surface area contributed by atoms with Crippen molar-refractivity contribution >= 4 is 23.2 Å². The Bertz CT molecular complexity index is 409. The van der Waals surface area contributed by atoms with Crippen LogP contribution in [-0.4, -0.2) is 18.5 Å². The maximum atomic E-state index is 11.0. The van der Waals surface area contributed by atoms with E-state index in [-0.39, 0.29) is 6.04 Å². The van der Waals surface area contributed by atoms with E-state index in [9.17, 15) is 4.79 Å². The molecule has 0 fully saturated rings. The highest BCUT2D eigenvalue weighted by Crippen LogP contribution is 2.24. The van der Waals surface area contributed by atoms with Gasteiger partial charge in [0.1, 0.15) is 0 Å². The number of halogens is 1. The molecule has 1 atom stereocenters. The topological polar surface area (TPSA) is 81.1 Å². The molecule has 1 rings (SSSR count). The van der Waals surface area contributed by atoms with Crippen LogP contribution < -0.4 is 16.8 Å². The second-order valence-corrected chi connectivity index (χ2v) is 4.69. The van der Waals surface area contributed by atoms with Crippen LogP contribution in [0.1, 0.15) is 36.5 Å². The predicted molar refractivity (Wildman–Crippen MR) is 76.0 cm³/mol. The minimum Gasteiger partial charge on any atom is -0.380 e. The molecule has 0 saturated carbocycles. The van der Waals surface area contributed by atoms with Crippen molar-refractivity contribution in [2.75, 3.05) is 11.9 Å². The van der Waals surface area contributed by atoms with Gasteiger partial charge in [-0.15, -0.1) is 0 Å². The van der Waals surface area contributed by atoms with Crippen molar-refractivity contribution in [1.29, 1.82) is 0 Å². The third kappa shape index (κ3) is 4.20. The summed E-state index contributed by atoms with van der Waals surface area (Å²) < 4.78 is 0. The van der Waals surface area contributed by atoms with Gasteiger partial charge in [0.15, 0.2) is 0 Å². The maximum absolute atomic E-state index is 11.0. The van der Waals surface area contributed by atoms with Gasteiger partial charge in [0.25, 0.3) is 0 Å². The summed E-state index contributed by atoms with van der Waals surface area (Å²) in [5.41, 5.74) is 12.1. The van der Waals surface area contributed by atoms with Gasteiger partial charge >= 0.3 is 0 Å². The highest BCUT2D eigenvalue weighted by atomic mass is 35.5. The van der Waals surface area contributed by atoms with Crippen LogP contribution in [0.15, 0.2) is 18.2 Å². The summed E-state index contributed by atoms with van der Waals surface area (Å²) >= 11 is 6.10. The number of hydrogen-bond acceptors (Lipinski definition) is 3. The van der Waals surface area contributed by atoms with Crippen molar-refractivity contribution in [3.63, 3.8) is 0 Å². The number of anilines is 1. The fourth-order valence-electron chi connectivity index (χ4n) is 1.70. The SMILES string of the molecule is CCCCC(CN)Nc1ccc(C(N)=O)cc1Cl. The number of nitrogens with two attached hydrogens (primary N) is 2. The highest BCUT2D eigenvalue weighted by molar-refractivity contribution is 6.33. The predicted octanol–water partition coefficient (Wildman–Crippen LogP) is 2.37. The Labute approximate surface area is 113 Å². The molecule has 0 aliphatic rings. The van der Waals surface area contributed by atoms with Crippen molar-refractivity contribution in [3.05, 3.63) is 28.8 Å². The molecule has 0 radical (unpaired) electrons. The first-order valence-corrected chi connectivity index (χ1v) is 6.52. The van der Waals surface area contributed by atoms with Crippen LogP contribution in [0.2, 0.25) is 5.02 Å². The lowest BCUT2D eigenvalue weighted by molar-refractivity contribution is 0.100. The van der Waals surface area contributed by atoms with Crippen LogP contribution in [0, 0.1) is 0 Å². The molecule has 5 heteroatoms. The van der Waals surface area contributed by atoms with Crippen molar-refractivity contribution in [2.24, 2.45) is 11.5 Å². The van der Waals surface area contributed by atoms with Crippen LogP contribution in [0.25, 0.3) is 0 Å². The standard InChI is InChI=1S/C13H20ClN3O/c1-2-3-4-10(8-15)17-12-6-5-9(13(16)18)7-11(12)14/h5-7,10,17H,2-4,8,15H2,1H3,(H2,16,18). The molecule has 0 bridgehead atoms. The normalized spacial score (nSPS) is 12.2. The van der Waals surface area contributed by atoms with Gasteiger partial charge in [-0.2, -0.15) is 0 Å². The Kier molecular flexibility index (Phi) is 5.95. The molecule has 1 aromatic carbocycles. The van der Waals surface area contributed by atoms with Gasteiger partial charge in [-0.3, -0.25) is 4.79 Å². The summed E-state index contributed by atoms with van der Waals surface area (Å²) in [5, 5.41) is 3.78. The zero-order valence-corrected chi connectivity index (χ0v) is 11.3. The zero-order valence-electron chi connectivity index (χ0n) is 10.6. The van der Waals surface area contributed by atoms with Crippen LogP contribution in [-0.2, 0) is 0 Å². The van der Waals surface area contributed by atoms with Gasteiger partial charge in [-0.1, -0.05) is 31.4 Å². The molecule has 1 amide bonds. The molecule has 1 unspecified atom stereocenters. The number of carbonyl (C=O) groups is 1. The van der Waals surface area contributed by atoms with Gasteiger partial charge in [-0.05, 0) is 24.6 Å². The van der Waals surface area contributed by atoms with Gasteiger partial charge in [-0.25, -0.2) is 0 Å². The molecule has 0 aliphatic carbocycles. The number of unbranched alkanes of at least 4 members (excludes halogenated alkanes) is 1. The number of nitrogens with one attached hydrogen (secondary N) is 1. The molecular weight excluding hydrogens is 250 g/mol. The van der Waals surface area contributed by atoms with Crippen LogP contribution in [0.3, 0.4) is 0 Å². The lowest BCUT2D eigenvalue weighted by atomic mass is 10.1. The minimum atomic E-state index is -0.482. The van der Waals surface area contributed by atoms with Crippen LogP contribution in [0.5, 0.6) is 0 Å². The Morgan fingerprint density at radius 3 is 2.72 bits per heavy atom. The zero-order chi connectivity index (χ0) is 13.5. The molecule has 100 valence electrons. The van der Waals surface area contributed by atoms with E-state index in [4.69, 9.17) is 23.1 Å². The smallest absolute Gasteiger partial charge is 0.248 e. The second-order valence-electron chi connectivity index (χ2n) is 4.28. The van der Waals surface area contributed by atoms with E-state index in [1.807, 2.05) is 0 Å². The lowest BCUT2D eigenvalue weighted by Crippen LogP contribution is -2.28. The first-order chi connectivity index (χ1) is 8.58. The summed E-state index contributed by atoms with van der Waals surface area (Å²) in [7, 11) is 0. The number of carbonyl (C=O) groups excluding carboxylic acids is 1. The van der Waals surface area contributed by atoms with Crippen molar-refractivity contribution in [1.82, 2.24) is 0 Å². The number of rotatable bonds is 7. The molecule has 0 aliphatic heterocycles. The molecular formula is C13H20ClN3O. The molecule has 0 spiro atoms. The van der Waals surface area contributed by atoms with Gasteiger partial charge in [0, 0.05) is 18.2 Å². The minimum absolute atomic E-state index is 0.196. The maximum Gasteiger partial charge on any atom is 0.248 e. The third-order valence-corrected chi connectivity index (χ3v) is 3.12. The number of primary amides is 1. The third-order valence-electron chi connectivity index (χ3n) is 2.80. The monoisotopic (exact) mass is 269 g/mol. The largest absolute Gasteiger partial charge is 0.380 e. The van der Waals surface area contributed by atoms with Gasteiger partial charge < -0.3 is 16.8 Å². The van der Waals surface area contributed by atoms with Crippen molar-refractivity contribution < 1.29 is 4.79 Å². The van der Waals surface area contributed by atoms with Gasteiger partial charge in [0.05, 0.1) is 10.7 Å². The Balaban J connectivity index is 2.74. The van der Waals surface area contributed by atoms with E-state index in [1.165, 1.54) is 0 Å². The summed E-state index contributed by atoms with van der Waals surface area (Å²) in [6.45, 7) is 2.69. The van der Waals surface area contributed by atoms with Crippen LogP contribution in [0.4, 0.5) is 5.69 Å². The molecule has 1 aromatic rings. The number of benzene rings is 1. The first kappa shape index (κ1) is 14.8. The lowest BCUT2D eigenvalue weighted by Gasteiger charge is -2.19. The summed E-state index contributed by atoms with van der Waals surface area (Å²) in [4.78, 5) is 11.0. The molecule has 18 heavy (non-hydrogen) atoms. The van der Waals surface area contributed by atoms with Crippen molar-refractivity contribution in [2.45, 2.75) is 32.2 Å². The summed E-state index contributed by atoms with van der Waals surface area (Å²) in [6, 6.07) is 5.18. The second kappa shape index (κ2) is 7.24. The van der Waals surface area contributed by atoms with E-state index in [0.717, 1.165) is 24.9 Å². The van der Waals surface area contributed by atoms with E-state index in [1.54, 1.807) is 18.2 Å². The summed E-state index contributed by atoms with van der Waals surface area (Å²) in [5.74, 6) is -0.482. The van der Waals surface area contributed by atoms with Gasteiger partial charge in [0.2, 0.25) is 5.91 Å². The van der Waals surface area contributed by atoms with Crippen LogP contribution >= 0.6 is 11.6 Å². The fourth-order valence-corrected chi connectivity index (χ4v) is 1.94. The van der Waals surface area contributed by atoms with E-state index < -0.39 is 5.91 Å². The average molecular weight is 270 g/mol. The van der Waals surface area contributed by atoms with E-state index in [2.05, 4.69) is 12.2 Å². The van der Waals surface area contributed by atoms with Crippen molar-refractivity contribution in [3.8, 4) is 0 Å².